The first kappa shape index (κ1) is 14.1. The summed E-state index contributed by atoms with van der Waals surface area (Å²) in [5.74, 6) is 2.51. The van der Waals surface area contributed by atoms with Gasteiger partial charge in [-0.1, -0.05) is 17.3 Å². The number of hydrogen-bond acceptors (Lipinski definition) is 5. The molecule has 0 unspecified atom stereocenters. The van der Waals surface area contributed by atoms with Crippen LogP contribution in [0.25, 0.3) is 11.4 Å². The van der Waals surface area contributed by atoms with Crippen LogP contribution in [0.3, 0.4) is 0 Å². The Bertz CT molecular complexity index is 589. The van der Waals surface area contributed by atoms with Crippen LogP contribution in [0.5, 0.6) is 5.75 Å². The molecule has 2 aromatic rings. The lowest BCUT2D eigenvalue weighted by molar-refractivity contribution is 0.288. The number of rotatable bonds is 4. The van der Waals surface area contributed by atoms with Gasteiger partial charge in [-0.2, -0.15) is 4.98 Å². The maximum absolute atomic E-state index is 5.49. The van der Waals surface area contributed by atoms with E-state index in [9.17, 15) is 0 Å². The number of nitrogens with one attached hydrogen (secondary N) is 1. The van der Waals surface area contributed by atoms with E-state index in [0.29, 0.717) is 17.8 Å². The van der Waals surface area contributed by atoms with E-state index in [0.717, 1.165) is 42.9 Å². The Kier molecular flexibility index (Phi) is 4.20. The molecule has 1 aromatic carbocycles. The molecule has 5 nitrogen and oxygen atoms in total. The molecule has 112 valence electrons. The van der Waals surface area contributed by atoms with E-state index >= 15 is 0 Å². The summed E-state index contributed by atoms with van der Waals surface area (Å²) in [5, 5.41) is 7.47. The van der Waals surface area contributed by atoms with Gasteiger partial charge in [-0.15, -0.1) is 0 Å². The summed E-state index contributed by atoms with van der Waals surface area (Å²) in [4.78, 5) is 4.59. The first-order valence-electron chi connectivity index (χ1n) is 7.46. The Hall–Kier alpha value is -1.88. The van der Waals surface area contributed by atoms with Gasteiger partial charge in [0.15, 0.2) is 0 Å². The second-order valence-corrected chi connectivity index (χ2v) is 5.49. The molecule has 1 aliphatic carbocycles. The Labute approximate surface area is 124 Å². The number of hydrogen-bond donors (Lipinski definition) is 1. The third-order valence-corrected chi connectivity index (χ3v) is 4.27. The quantitative estimate of drug-likeness (QED) is 0.936. The third kappa shape index (κ3) is 2.93. The highest BCUT2D eigenvalue weighted by Crippen LogP contribution is 2.34. The lowest BCUT2D eigenvalue weighted by Gasteiger charge is -2.25. The molecule has 0 radical (unpaired) electrons. The van der Waals surface area contributed by atoms with Crippen LogP contribution in [-0.2, 0) is 0 Å². The molecule has 1 aliphatic rings. The Morgan fingerprint density at radius 2 is 1.95 bits per heavy atom. The van der Waals surface area contributed by atoms with Crippen LogP contribution in [-0.4, -0.2) is 30.3 Å². The summed E-state index contributed by atoms with van der Waals surface area (Å²) < 4.78 is 10.8. The topological polar surface area (TPSA) is 60.2 Å². The largest absolute Gasteiger partial charge is 0.496 e. The lowest BCUT2D eigenvalue weighted by atomic mass is 9.86. The molecule has 5 heteroatoms. The van der Waals surface area contributed by atoms with Gasteiger partial charge in [-0.3, -0.25) is 0 Å². The van der Waals surface area contributed by atoms with Crippen molar-refractivity contribution in [1.82, 2.24) is 15.5 Å². The summed E-state index contributed by atoms with van der Waals surface area (Å²) in [5.41, 5.74) is 0.874. The van der Waals surface area contributed by atoms with Gasteiger partial charge in [-0.25, -0.2) is 0 Å². The van der Waals surface area contributed by atoms with Crippen molar-refractivity contribution in [2.45, 2.75) is 37.6 Å². The summed E-state index contributed by atoms with van der Waals surface area (Å²) in [7, 11) is 3.68. The van der Waals surface area contributed by atoms with Crippen LogP contribution in [0.15, 0.2) is 28.8 Å². The third-order valence-electron chi connectivity index (χ3n) is 4.27. The van der Waals surface area contributed by atoms with Gasteiger partial charge in [0, 0.05) is 12.0 Å². The van der Waals surface area contributed by atoms with Gasteiger partial charge in [0.1, 0.15) is 5.75 Å². The Morgan fingerprint density at radius 3 is 2.67 bits per heavy atom. The standard InChI is InChI=1S/C16H21N3O2/c1-17-12-9-7-11(8-10-12)16-18-15(19-21-16)13-5-3-4-6-14(13)20-2/h3-6,11-12,17H,7-10H2,1-2H3. The number of benzene rings is 1. The Morgan fingerprint density at radius 1 is 1.19 bits per heavy atom. The second kappa shape index (κ2) is 6.26. The molecule has 0 saturated heterocycles. The zero-order chi connectivity index (χ0) is 14.7. The average Bonchev–Trinajstić information content (AvgIpc) is 3.04. The zero-order valence-corrected chi connectivity index (χ0v) is 12.5. The van der Waals surface area contributed by atoms with Crippen molar-refractivity contribution in [1.29, 1.82) is 0 Å². The van der Waals surface area contributed by atoms with Crippen molar-refractivity contribution in [3.8, 4) is 17.1 Å². The normalized spacial score (nSPS) is 22.2. The van der Waals surface area contributed by atoms with Gasteiger partial charge < -0.3 is 14.6 Å². The summed E-state index contributed by atoms with van der Waals surface area (Å²) in [6, 6.07) is 8.36. The molecule has 1 aromatic heterocycles. The average molecular weight is 287 g/mol. The van der Waals surface area contributed by atoms with E-state index in [2.05, 4.69) is 15.5 Å². The minimum absolute atomic E-state index is 0.380. The molecule has 0 aliphatic heterocycles. The highest BCUT2D eigenvalue weighted by molar-refractivity contribution is 5.63. The van der Waals surface area contributed by atoms with Crippen molar-refractivity contribution in [3.63, 3.8) is 0 Å². The number of nitrogens with zero attached hydrogens (tertiary/aromatic N) is 2. The molecule has 1 fully saturated rings. The molecule has 0 atom stereocenters. The first-order valence-corrected chi connectivity index (χ1v) is 7.46. The maximum Gasteiger partial charge on any atom is 0.230 e. The van der Waals surface area contributed by atoms with Crippen molar-refractivity contribution in [2.75, 3.05) is 14.2 Å². The van der Waals surface area contributed by atoms with Crippen LogP contribution in [0, 0.1) is 0 Å². The van der Waals surface area contributed by atoms with Crippen LogP contribution < -0.4 is 10.1 Å². The molecule has 0 amide bonds. The van der Waals surface area contributed by atoms with E-state index < -0.39 is 0 Å². The fraction of sp³-hybridized carbons (Fsp3) is 0.500. The van der Waals surface area contributed by atoms with Crippen LogP contribution in [0.2, 0.25) is 0 Å². The van der Waals surface area contributed by atoms with Crippen LogP contribution >= 0.6 is 0 Å². The minimum atomic E-state index is 0.380. The highest BCUT2D eigenvalue weighted by atomic mass is 16.5. The predicted octanol–water partition coefficient (Wildman–Crippen LogP) is 2.99. The van der Waals surface area contributed by atoms with Gasteiger partial charge in [-0.05, 0) is 44.9 Å². The number of aromatic nitrogens is 2. The van der Waals surface area contributed by atoms with Gasteiger partial charge >= 0.3 is 0 Å². The van der Waals surface area contributed by atoms with E-state index in [1.165, 1.54) is 0 Å². The second-order valence-electron chi connectivity index (χ2n) is 5.49. The van der Waals surface area contributed by atoms with Crippen molar-refractivity contribution < 1.29 is 9.26 Å². The van der Waals surface area contributed by atoms with Gasteiger partial charge in [0.25, 0.3) is 0 Å². The van der Waals surface area contributed by atoms with E-state index in [1.54, 1.807) is 7.11 Å². The van der Waals surface area contributed by atoms with Crippen molar-refractivity contribution >= 4 is 0 Å². The molecule has 1 saturated carbocycles. The van der Waals surface area contributed by atoms with Crippen LogP contribution in [0.1, 0.15) is 37.5 Å². The van der Waals surface area contributed by atoms with Gasteiger partial charge in [0.2, 0.25) is 11.7 Å². The molecule has 0 spiro atoms. The SMILES string of the molecule is CNC1CCC(c2nc(-c3ccccc3OC)no2)CC1. The maximum atomic E-state index is 5.49. The molecule has 1 heterocycles. The summed E-state index contributed by atoms with van der Waals surface area (Å²) in [6.45, 7) is 0. The molecule has 0 bridgehead atoms. The Balaban J connectivity index is 1.78. The number of methoxy groups -OCH3 is 1. The lowest BCUT2D eigenvalue weighted by Crippen LogP contribution is -2.29. The molecule has 3 rings (SSSR count). The molecule has 1 N–H and O–H groups in total. The highest BCUT2D eigenvalue weighted by Gasteiger charge is 2.26. The molecule has 21 heavy (non-hydrogen) atoms. The minimum Gasteiger partial charge on any atom is -0.496 e. The fourth-order valence-electron chi connectivity index (χ4n) is 2.97. The number of para-hydroxylation sites is 1. The smallest absolute Gasteiger partial charge is 0.230 e. The van der Waals surface area contributed by atoms with Crippen molar-refractivity contribution in [3.05, 3.63) is 30.2 Å². The monoisotopic (exact) mass is 287 g/mol. The number of ether oxygens (including phenoxy) is 1. The summed E-state index contributed by atoms with van der Waals surface area (Å²) in [6.07, 6.45) is 4.51. The molecular weight excluding hydrogens is 266 g/mol. The summed E-state index contributed by atoms with van der Waals surface area (Å²) >= 11 is 0. The predicted molar refractivity (Wildman–Crippen MR) is 80.3 cm³/mol. The van der Waals surface area contributed by atoms with E-state index in [-0.39, 0.29) is 0 Å². The molecular formula is C16H21N3O2. The zero-order valence-electron chi connectivity index (χ0n) is 12.5. The van der Waals surface area contributed by atoms with Crippen molar-refractivity contribution in [2.24, 2.45) is 0 Å². The van der Waals surface area contributed by atoms with Crippen LogP contribution in [0.4, 0.5) is 0 Å². The first-order chi connectivity index (χ1) is 10.3. The fourth-order valence-corrected chi connectivity index (χ4v) is 2.97. The van der Waals surface area contributed by atoms with E-state index in [4.69, 9.17) is 9.26 Å². The van der Waals surface area contributed by atoms with E-state index in [1.807, 2.05) is 31.3 Å². The van der Waals surface area contributed by atoms with Gasteiger partial charge in [0.05, 0.1) is 12.7 Å².